The monoisotopic (exact) mass is 481 g/mol. The first-order valence-electron chi connectivity index (χ1n) is 12.3. The van der Waals surface area contributed by atoms with E-state index in [2.05, 4.69) is 10.2 Å². The molecule has 7 rings (SSSR count). The van der Waals surface area contributed by atoms with Gasteiger partial charge in [0.1, 0.15) is 11.3 Å². The van der Waals surface area contributed by atoms with Crippen molar-refractivity contribution >= 4 is 34.5 Å². The second kappa shape index (κ2) is 6.67. The first kappa shape index (κ1) is 21.0. The normalized spacial score (nSPS) is 32.0. The van der Waals surface area contributed by atoms with Crippen LogP contribution in [0.5, 0.6) is 0 Å². The SMILES string of the molecule is NC(=O)c1cc2cc(N3CCN(C(=O)N4CC(NC(=O)C56CC5(F)C6)C5(CC5)C4)CC3)ccc2o1. The van der Waals surface area contributed by atoms with Gasteiger partial charge in [0, 0.05) is 68.6 Å². The third-order valence-corrected chi connectivity index (χ3v) is 8.98. The zero-order valence-corrected chi connectivity index (χ0v) is 19.4. The first-order valence-corrected chi connectivity index (χ1v) is 12.3. The number of likely N-dealkylation sites (tertiary alicyclic amines) is 1. The van der Waals surface area contributed by atoms with Gasteiger partial charge in [0.25, 0.3) is 5.91 Å². The molecule has 1 atom stereocenters. The summed E-state index contributed by atoms with van der Waals surface area (Å²) in [6, 6.07) is 7.34. The van der Waals surface area contributed by atoms with Gasteiger partial charge < -0.3 is 30.2 Å². The summed E-state index contributed by atoms with van der Waals surface area (Å²) >= 11 is 0. The number of carbonyl (C=O) groups is 3. The molecule has 1 spiro atoms. The second-order valence-corrected chi connectivity index (χ2v) is 11.1. The van der Waals surface area contributed by atoms with E-state index in [-0.39, 0.29) is 29.2 Å². The molecule has 2 aliphatic heterocycles. The van der Waals surface area contributed by atoms with Crippen molar-refractivity contribution < 1.29 is 23.2 Å². The molecule has 1 unspecified atom stereocenters. The van der Waals surface area contributed by atoms with E-state index in [0.717, 1.165) is 23.9 Å². The highest BCUT2D eigenvalue weighted by atomic mass is 19.1. The van der Waals surface area contributed by atoms with Crippen molar-refractivity contribution in [2.45, 2.75) is 37.4 Å². The Morgan fingerprint density at radius 1 is 1.06 bits per heavy atom. The summed E-state index contributed by atoms with van der Waals surface area (Å²) in [5.41, 5.74) is 4.91. The number of nitrogens with one attached hydrogen (secondary N) is 1. The highest BCUT2D eigenvalue weighted by molar-refractivity contribution is 5.96. The number of anilines is 1. The van der Waals surface area contributed by atoms with Crippen molar-refractivity contribution in [3.8, 4) is 0 Å². The number of furan rings is 1. The Balaban J connectivity index is 0.975. The van der Waals surface area contributed by atoms with E-state index in [0.29, 0.717) is 57.7 Å². The van der Waals surface area contributed by atoms with E-state index in [1.807, 2.05) is 28.0 Å². The molecule has 5 aliphatic rings. The van der Waals surface area contributed by atoms with Crippen LogP contribution < -0.4 is 16.0 Å². The van der Waals surface area contributed by atoms with Gasteiger partial charge >= 0.3 is 6.03 Å². The van der Waals surface area contributed by atoms with Crippen LogP contribution in [0.4, 0.5) is 14.9 Å². The predicted molar refractivity (Wildman–Crippen MR) is 125 cm³/mol. The maximum atomic E-state index is 14.0. The largest absolute Gasteiger partial charge is 0.451 e. The molecular weight excluding hydrogens is 453 g/mol. The van der Waals surface area contributed by atoms with Crippen molar-refractivity contribution in [2.24, 2.45) is 16.6 Å². The summed E-state index contributed by atoms with van der Waals surface area (Å²) in [5, 5.41) is 3.92. The van der Waals surface area contributed by atoms with Crippen LogP contribution in [0.15, 0.2) is 28.7 Å². The Kier molecular flexibility index (Phi) is 4.01. The first-order chi connectivity index (χ1) is 16.7. The van der Waals surface area contributed by atoms with E-state index in [9.17, 15) is 18.8 Å². The van der Waals surface area contributed by atoms with Gasteiger partial charge in [-0.1, -0.05) is 0 Å². The summed E-state index contributed by atoms with van der Waals surface area (Å²) in [5.74, 6) is -0.613. The fraction of sp³-hybridized carbons (Fsp3) is 0.560. The standard InChI is InChI=1S/C25H28FN5O4/c26-25-12-24(25,13-25)21(33)28-19-11-31(14-23(19)3-4-23)22(34)30-7-5-29(6-8-30)16-1-2-17-15(9-16)10-18(35-17)20(27)32/h1-2,9-10,19H,3-8,11-14H2,(H2,27,32)(H,28,33). The van der Waals surface area contributed by atoms with Crippen LogP contribution in [0, 0.1) is 10.8 Å². The van der Waals surface area contributed by atoms with Crippen LogP contribution in [0.3, 0.4) is 0 Å². The van der Waals surface area contributed by atoms with Gasteiger partial charge in [0.2, 0.25) is 5.91 Å². The minimum atomic E-state index is -1.24. The molecule has 2 aromatic rings. The van der Waals surface area contributed by atoms with Crippen molar-refractivity contribution in [1.29, 1.82) is 0 Å². The average Bonchev–Trinajstić information content (AvgIpc) is 3.73. The highest BCUT2D eigenvalue weighted by Crippen LogP contribution is 2.81. The minimum absolute atomic E-state index is 0.0138. The van der Waals surface area contributed by atoms with E-state index in [1.165, 1.54) is 0 Å². The number of carbonyl (C=O) groups excluding carboxylic acids is 3. The summed E-state index contributed by atoms with van der Waals surface area (Å²) in [6.07, 6.45) is 2.71. The van der Waals surface area contributed by atoms with Gasteiger partial charge in [-0.15, -0.1) is 0 Å². The lowest BCUT2D eigenvalue weighted by Crippen LogP contribution is -2.53. The maximum absolute atomic E-state index is 14.0. The Morgan fingerprint density at radius 3 is 2.40 bits per heavy atom. The minimum Gasteiger partial charge on any atom is -0.451 e. The summed E-state index contributed by atoms with van der Waals surface area (Å²) in [7, 11) is 0. The number of piperazine rings is 1. The molecule has 2 saturated heterocycles. The van der Waals surface area contributed by atoms with Crippen LogP contribution >= 0.6 is 0 Å². The van der Waals surface area contributed by atoms with Gasteiger partial charge in [-0.2, -0.15) is 0 Å². The van der Waals surface area contributed by atoms with Gasteiger partial charge in [-0.3, -0.25) is 9.59 Å². The third kappa shape index (κ3) is 3.07. The molecule has 0 bridgehead atoms. The number of halogens is 1. The number of hydrogen-bond donors (Lipinski definition) is 2. The molecule has 4 amide bonds. The predicted octanol–water partition coefficient (Wildman–Crippen LogP) is 1.86. The highest BCUT2D eigenvalue weighted by Gasteiger charge is 2.89. The van der Waals surface area contributed by atoms with Crippen LogP contribution in [-0.2, 0) is 4.79 Å². The molecule has 184 valence electrons. The fourth-order valence-corrected chi connectivity index (χ4v) is 6.16. The van der Waals surface area contributed by atoms with Crippen LogP contribution in [0.25, 0.3) is 11.0 Å². The topological polar surface area (TPSA) is 112 Å². The van der Waals surface area contributed by atoms with Crippen LogP contribution in [0.2, 0.25) is 0 Å². The summed E-state index contributed by atoms with van der Waals surface area (Å²) in [6.45, 7) is 3.74. The molecule has 1 aromatic carbocycles. The molecule has 0 radical (unpaired) electrons. The molecule has 5 fully saturated rings. The molecule has 3 aliphatic carbocycles. The number of rotatable bonds is 4. The number of primary amides is 1. The second-order valence-electron chi connectivity index (χ2n) is 11.1. The zero-order chi connectivity index (χ0) is 24.2. The number of fused-ring (bicyclic) bond motifs is 2. The zero-order valence-electron chi connectivity index (χ0n) is 19.4. The number of hydrogen-bond acceptors (Lipinski definition) is 5. The lowest BCUT2D eigenvalue weighted by atomic mass is 10.00. The van der Waals surface area contributed by atoms with E-state index < -0.39 is 17.0 Å². The molecular formula is C25H28FN5O4. The van der Waals surface area contributed by atoms with Crippen LogP contribution in [0.1, 0.15) is 36.2 Å². The third-order valence-electron chi connectivity index (χ3n) is 8.98. The number of benzene rings is 1. The Labute approximate surface area is 201 Å². The summed E-state index contributed by atoms with van der Waals surface area (Å²) < 4.78 is 19.5. The Morgan fingerprint density at radius 2 is 1.77 bits per heavy atom. The quantitative estimate of drug-likeness (QED) is 0.692. The van der Waals surface area contributed by atoms with Gasteiger partial charge in [0.15, 0.2) is 5.76 Å². The lowest BCUT2D eigenvalue weighted by molar-refractivity contribution is -0.125. The Hall–Kier alpha value is -3.30. The summed E-state index contributed by atoms with van der Waals surface area (Å²) in [4.78, 5) is 43.3. The van der Waals surface area contributed by atoms with Gasteiger partial charge in [-0.05, 0) is 37.1 Å². The lowest BCUT2D eigenvalue weighted by Gasteiger charge is -2.37. The van der Waals surface area contributed by atoms with Crippen molar-refractivity contribution in [2.75, 3.05) is 44.2 Å². The van der Waals surface area contributed by atoms with Crippen molar-refractivity contribution in [3.05, 3.63) is 30.0 Å². The molecule has 1 aromatic heterocycles. The molecule has 3 N–H and O–H groups in total. The van der Waals surface area contributed by atoms with E-state index >= 15 is 0 Å². The maximum Gasteiger partial charge on any atom is 0.320 e. The number of alkyl halides is 1. The number of nitrogens with two attached hydrogens (primary N) is 1. The van der Waals surface area contributed by atoms with Gasteiger partial charge in [-0.25, -0.2) is 9.18 Å². The van der Waals surface area contributed by atoms with E-state index in [1.54, 1.807) is 6.07 Å². The molecule has 10 heteroatoms. The number of amides is 4. The molecule has 35 heavy (non-hydrogen) atoms. The van der Waals surface area contributed by atoms with Crippen molar-refractivity contribution in [1.82, 2.24) is 15.1 Å². The molecule has 3 saturated carbocycles. The average molecular weight is 482 g/mol. The van der Waals surface area contributed by atoms with Crippen LogP contribution in [-0.4, -0.2) is 78.6 Å². The number of urea groups is 1. The van der Waals surface area contributed by atoms with E-state index in [4.69, 9.17) is 10.2 Å². The van der Waals surface area contributed by atoms with Crippen molar-refractivity contribution in [3.63, 3.8) is 0 Å². The number of nitrogens with zero attached hydrogens (tertiary/aromatic N) is 3. The molecule has 3 heterocycles. The van der Waals surface area contributed by atoms with Gasteiger partial charge in [0.05, 0.1) is 11.5 Å². The Bertz CT molecular complexity index is 1270. The molecule has 9 nitrogen and oxygen atoms in total. The smallest absolute Gasteiger partial charge is 0.320 e. The fourth-order valence-electron chi connectivity index (χ4n) is 6.16.